The van der Waals surface area contributed by atoms with E-state index in [-0.39, 0.29) is 12.3 Å². The number of ether oxygens (including phenoxy) is 3. The SMILES string of the molecule is O=C(OCc1ccccc1)c1nc2c(OCc3ccccc3)cccc2c(OCc2ccccc2)c1Br. The number of pyridine rings is 1. The van der Waals surface area contributed by atoms with Crippen LogP contribution in [0, 0.1) is 0 Å². The van der Waals surface area contributed by atoms with Crippen LogP contribution in [0.2, 0.25) is 0 Å². The lowest BCUT2D eigenvalue weighted by Crippen LogP contribution is -2.11. The highest BCUT2D eigenvalue weighted by Crippen LogP contribution is 2.39. The molecule has 0 unspecified atom stereocenters. The third-order valence-corrected chi connectivity index (χ3v) is 6.48. The number of hydrogen-bond donors (Lipinski definition) is 0. The number of rotatable bonds is 9. The van der Waals surface area contributed by atoms with Crippen LogP contribution >= 0.6 is 15.9 Å². The van der Waals surface area contributed by atoms with Crippen molar-refractivity contribution < 1.29 is 19.0 Å². The predicted octanol–water partition coefficient (Wildman–Crippen LogP) is 7.51. The first-order chi connectivity index (χ1) is 18.2. The zero-order valence-corrected chi connectivity index (χ0v) is 21.6. The summed E-state index contributed by atoms with van der Waals surface area (Å²) in [7, 11) is 0. The molecular weight excluding hydrogens is 530 g/mol. The maximum Gasteiger partial charge on any atom is 0.358 e. The molecule has 4 aromatic carbocycles. The third-order valence-electron chi connectivity index (χ3n) is 5.74. The van der Waals surface area contributed by atoms with Gasteiger partial charge >= 0.3 is 5.97 Å². The Labute approximate surface area is 223 Å². The van der Waals surface area contributed by atoms with Crippen molar-refractivity contribution in [3.8, 4) is 11.5 Å². The number of fused-ring (bicyclic) bond motifs is 1. The molecule has 5 nitrogen and oxygen atoms in total. The topological polar surface area (TPSA) is 57.7 Å². The van der Waals surface area contributed by atoms with Gasteiger partial charge < -0.3 is 14.2 Å². The van der Waals surface area contributed by atoms with E-state index in [0.29, 0.717) is 34.7 Å². The highest BCUT2D eigenvalue weighted by molar-refractivity contribution is 9.10. The number of aromatic nitrogens is 1. The van der Waals surface area contributed by atoms with Crippen molar-refractivity contribution in [2.75, 3.05) is 0 Å². The average Bonchev–Trinajstić information content (AvgIpc) is 2.95. The van der Waals surface area contributed by atoms with Crippen LogP contribution < -0.4 is 9.47 Å². The van der Waals surface area contributed by atoms with Crippen molar-refractivity contribution in [2.45, 2.75) is 19.8 Å². The Hall–Kier alpha value is -4.16. The molecule has 1 heterocycles. The Morgan fingerprint density at radius 3 is 1.78 bits per heavy atom. The van der Waals surface area contributed by atoms with Crippen LogP contribution in [-0.2, 0) is 24.6 Å². The van der Waals surface area contributed by atoms with Crippen LogP contribution in [0.4, 0.5) is 0 Å². The molecule has 37 heavy (non-hydrogen) atoms. The van der Waals surface area contributed by atoms with E-state index in [2.05, 4.69) is 20.9 Å². The third kappa shape index (κ3) is 5.98. The Morgan fingerprint density at radius 1 is 0.649 bits per heavy atom. The molecule has 184 valence electrons. The molecule has 0 N–H and O–H groups in total. The number of halogens is 1. The van der Waals surface area contributed by atoms with Crippen molar-refractivity contribution in [1.29, 1.82) is 0 Å². The summed E-state index contributed by atoms with van der Waals surface area (Å²) in [6.07, 6.45) is 0. The summed E-state index contributed by atoms with van der Waals surface area (Å²) in [5.74, 6) is 0.501. The molecule has 0 spiro atoms. The molecular formula is C31H24BrNO4. The highest BCUT2D eigenvalue weighted by atomic mass is 79.9. The smallest absolute Gasteiger partial charge is 0.358 e. The molecule has 0 atom stereocenters. The summed E-state index contributed by atoms with van der Waals surface area (Å²) in [4.78, 5) is 17.9. The first-order valence-electron chi connectivity index (χ1n) is 11.9. The minimum atomic E-state index is -0.556. The fourth-order valence-corrected chi connectivity index (χ4v) is 4.44. The zero-order valence-electron chi connectivity index (χ0n) is 20.0. The summed E-state index contributed by atoms with van der Waals surface area (Å²) in [6.45, 7) is 0.829. The van der Waals surface area contributed by atoms with Gasteiger partial charge in [0.25, 0.3) is 0 Å². The normalized spacial score (nSPS) is 10.7. The van der Waals surface area contributed by atoms with E-state index in [1.807, 2.05) is 109 Å². The molecule has 0 amide bonds. The number of benzene rings is 4. The van der Waals surface area contributed by atoms with Crippen LogP contribution in [0.15, 0.2) is 114 Å². The van der Waals surface area contributed by atoms with Crippen molar-refractivity contribution in [2.24, 2.45) is 0 Å². The van der Waals surface area contributed by atoms with Gasteiger partial charge in [0.2, 0.25) is 0 Å². The molecule has 0 aliphatic rings. The minimum absolute atomic E-state index is 0.127. The summed E-state index contributed by atoms with van der Waals surface area (Å²) in [5, 5.41) is 0.730. The van der Waals surface area contributed by atoms with Crippen LogP contribution in [0.5, 0.6) is 11.5 Å². The zero-order chi connectivity index (χ0) is 25.5. The van der Waals surface area contributed by atoms with Gasteiger partial charge in [-0.1, -0.05) is 97.1 Å². The van der Waals surface area contributed by atoms with E-state index in [1.165, 1.54) is 0 Å². The summed E-state index contributed by atoms with van der Waals surface area (Å²) < 4.78 is 18.4. The monoisotopic (exact) mass is 553 g/mol. The molecule has 1 aromatic heterocycles. The summed E-state index contributed by atoms with van der Waals surface area (Å²) in [6, 6.07) is 34.9. The second kappa shape index (κ2) is 11.7. The largest absolute Gasteiger partial charge is 0.487 e. The quantitative estimate of drug-likeness (QED) is 0.177. The lowest BCUT2D eigenvalue weighted by molar-refractivity contribution is 0.0464. The van der Waals surface area contributed by atoms with E-state index >= 15 is 0 Å². The lowest BCUT2D eigenvalue weighted by Gasteiger charge is -2.16. The van der Waals surface area contributed by atoms with Gasteiger partial charge in [-0.3, -0.25) is 0 Å². The van der Waals surface area contributed by atoms with Gasteiger partial charge in [-0.05, 0) is 44.8 Å². The number of hydrogen-bond acceptors (Lipinski definition) is 5. The van der Waals surface area contributed by atoms with Crippen molar-refractivity contribution >= 4 is 32.8 Å². The second-order valence-corrected chi connectivity index (χ2v) is 9.16. The fraction of sp³-hybridized carbons (Fsp3) is 0.0968. The van der Waals surface area contributed by atoms with E-state index in [0.717, 1.165) is 22.1 Å². The highest BCUT2D eigenvalue weighted by Gasteiger charge is 2.23. The van der Waals surface area contributed by atoms with E-state index < -0.39 is 5.97 Å². The Kier molecular flexibility index (Phi) is 7.77. The molecule has 0 saturated heterocycles. The Bertz CT molecular complexity index is 1490. The van der Waals surface area contributed by atoms with Crippen LogP contribution in [0.1, 0.15) is 27.2 Å². The number of carbonyl (C=O) groups excluding carboxylic acids is 1. The van der Waals surface area contributed by atoms with E-state index in [9.17, 15) is 4.79 Å². The Balaban J connectivity index is 1.50. The molecule has 0 aliphatic heterocycles. The predicted molar refractivity (Wildman–Crippen MR) is 147 cm³/mol. The van der Waals surface area contributed by atoms with Gasteiger partial charge in [0.05, 0.1) is 4.47 Å². The van der Waals surface area contributed by atoms with Gasteiger partial charge in [0.1, 0.15) is 36.8 Å². The number of carbonyl (C=O) groups is 1. The first kappa shape index (κ1) is 24.5. The van der Waals surface area contributed by atoms with Crippen molar-refractivity contribution in [3.05, 3.63) is 136 Å². The van der Waals surface area contributed by atoms with Gasteiger partial charge in [0, 0.05) is 5.39 Å². The summed E-state index contributed by atoms with van der Waals surface area (Å²) >= 11 is 3.57. The standard InChI is InChI=1S/C31H24BrNO4/c32-27-29(31(34)37-21-24-15-8-3-9-16-24)33-28-25(30(27)36-20-23-13-6-2-7-14-23)17-10-18-26(28)35-19-22-11-4-1-5-12-22/h1-18H,19-21H2. The van der Waals surface area contributed by atoms with E-state index in [1.54, 1.807) is 0 Å². The molecule has 0 aliphatic carbocycles. The molecule has 0 radical (unpaired) electrons. The molecule has 5 rings (SSSR count). The van der Waals surface area contributed by atoms with Crippen LogP contribution in [-0.4, -0.2) is 11.0 Å². The molecule has 0 fully saturated rings. The number of esters is 1. The first-order valence-corrected chi connectivity index (χ1v) is 12.6. The van der Waals surface area contributed by atoms with Gasteiger partial charge in [0.15, 0.2) is 5.69 Å². The molecule has 6 heteroatoms. The molecule has 0 bridgehead atoms. The van der Waals surface area contributed by atoms with Crippen molar-refractivity contribution in [3.63, 3.8) is 0 Å². The Morgan fingerprint density at radius 2 is 1.19 bits per heavy atom. The second-order valence-electron chi connectivity index (χ2n) is 8.37. The van der Waals surface area contributed by atoms with Crippen LogP contribution in [0.3, 0.4) is 0 Å². The average molecular weight is 554 g/mol. The maximum atomic E-state index is 13.2. The number of nitrogens with zero attached hydrogens (tertiary/aromatic N) is 1. The maximum absolute atomic E-state index is 13.2. The molecule has 0 saturated carbocycles. The fourth-order valence-electron chi connectivity index (χ4n) is 3.86. The van der Waals surface area contributed by atoms with Gasteiger partial charge in [-0.15, -0.1) is 0 Å². The lowest BCUT2D eigenvalue weighted by atomic mass is 10.1. The number of para-hydroxylation sites is 1. The van der Waals surface area contributed by atoms with Crippen molar-refractivity contribution in [1.82, 2.24) is 4.98 Å². The minimum Gasteiger partial charge on any atom is -0.487 e. The summed E-state index contributed by atoms with van der Waals surface area (Å²) in [5.41, 5.74) is 3.57. The van der Waals surface area contributed by atoms with Crippen LogP contribution in [0.25, 0.3) is 10.9 Å². The van der Waals surface area contributed by atoms with Gasteiger partial charge in [-0.2, -0.15) is 0 Å². The van der Waals surface area contributed by atoms with E-state index in [4.69, 9.17) is 14.2 Å². The molecule has 5 aromatic rings. The van der Waals surface area contributed by atoms with Gasteiger partial charge in [-0.25, -0.2) is 9.78 Å².